The van der Waals surface area contributed by atoms with E-state index in [0.717, 1.165) is 48.4 Å². The van der Waals surface area contributed by atoms with Gasteiger partial charge in [0.1, 0.15) is 17.3 Å². The van der Waals surface area contributed by atoms with Gasteiger partial charge in [-0.05, 0) is 48.1 Å². The molecule has 37 heavy (non-hydrogen) atoms. The summed E-state index contributed by atoms with van der Waals surface area (Å²) in [6.07, 6.45) is 4.53. The predicted octanol–water partition coefficient (Wildman–Crippen LogP) is 7.05. The highest BCUT2D eigenvalue weighted by Gasteiger charge is 2.42. The van der Waals surface area contributed by atoms with Crippen molar-refractivity contribution in [1.29, 1.82) is 0 Å². The Morgan fingerprint density at radius 2 is 1.81 bits per heavy atom. The first-order valence-electron chi connectivity index (χ1n) is 13.0. The van der Waals surface area contributed by atoms with Crippen molar-refractivity contribution in [3.8, 4) is 11.5 Å². The second-order valence-electron chi connectivity index (χ2n) is 10.6. The molecule has 192 valence electrons. The van der Waals surface area contributed by atoms with Crippen molar-refractivity contribution in [3.63, 3.8) is 0 Å². The molecule has 0 bridgehead atoms. The first-order chi connectivity index (χ1) is 17.8. The van der Waals surface area contributed by atoms with Crippen molar-refractivity contribution in [2.45, 2.75) is 63.9 Å². The molecule has 1 aromatic heterocycles. The summed E-state index contributed by atoms with van der Waals surface area (Å²) >= 11 is 1.57. The van der Waals surface area contributed by atoms with Crippen molar-refractivity contribution in [3.05, 3.63) is 87.3 Å². The Hall–Kier alpha value is -3.32. The molecule has 1 unspecified atom stereocenters. The SMILES string of the molecule is CCCCCSc1nc2c(c(=O)[nH]1)C(c1cccc(Oc3ccccc3)c1)C1=C(CC(C)(C)CC1=O)N2. The van der Waals surface area contributed by atoms with Crippen molar-refractivity contribution >= 4 is 23.4 Å². The van der Waals surface area contributed by atoms with Crippen LogP contribution < -0.4 is 15.6 Å². The number of anilines is 1. The second kappa shape index (κ2) is 10.6. The summed E-state index contributed by atoms with van der Waals surface area (Å²) < 4.78 is 6.09. The lowest BCUT2D eigenvalue weighted by molar-refractivity contribution is -0.118. The Labute approximate surface area is 222 Å². The molecule has 0 radical (unpaired) electrons. The molecule has 1 aliphatic heterocycles. The molecular weight excluding hydrogens is 482 g/mol. The lowest BCUT2D eigenvalue weighted by atomic mass is 9.69. The molecule has 0 saturated heterocycles. The quantitative estimate of drug-likeness (QED) is 0.190. The molecule has 6 nitrogen and oxygen atoms in total. The summed E-state index contributed by atoms with van der Waals surface area (Å²) in [7, 11) is 0. The maximum absolute atomic E-state index is 13.5. The van der Waals surface area contributed by atoms with Crippen LogP contribution >= 0.6 is 11.8 Å². The number of hydrogen-bond donors (Lipinski definition) is 2. The minimum absolute atomic E-state index is 0.0706. The Kier molecular flexibility index (Phi) is 7.24. The van der Waals surface area contributed by atoms with Gasteiger partial charge < -0.3 is 15.0 Å². The maximum atomic E-state index is 13.5. The number of nitrogens with zero attached hydrogens (tertiary/aromatic N) is 1. The van der Waals surface area contributed by atoms with Crippen LogP contribution in [-0.4, -0.2) is 21.5 Å². The Balaban J connectivity index is 1.58. The number of carbonyl (C=O) groups is 1. The van der Waals surface area contributed by atoms with Crippen LogP contribution in [0.15, 0.2) is 75.8 Å². The van der Waals surface area contributed by atoms with Crippen LogP contribution in [0.4, 0.5) is 5.82 Å². The number of carbonyl (C=O) groups excluding carboxylic acids is 1. The first-order valence-corrected chi connectivity index (χ1v) is 14.0. The number of nitrogens with one attached hydrogen (secondary N) is 2. The largest absolute Gasteiger partial charge is 0.457 e. The van der Waals surface area contributed by atoms with Crippen molar-refractivity contribution < 1.29 is 9.53 Å². The third-order valence-electron chi connectivity index (χ3n) is 6.86. The predicted molar refractivity (Wildman–Crippen MR) is 149 cm³/mol. The molecule has 1 atom stereocenters. The minimum Gasteiger partial charge on any atom is -0.457 e. The minimum atomic E-state index is -0.510. The fraction of sp³-hybridized carbons (Fsp3) is 0.367. The zero-order chi connectivity index (χ0) is 26.0. The van der Waals surface area contributed by atoms with Gasteiger partial charge in [0.2, 0.25) is 0 Å². The van der Waals surface area contributed by atoms with E-state index in [4.69, 9.17) is 9.72 Å². The van der Waals surface area contributed by atoms with Gasteiger partial charge in [0.05, 0.1) is 5.56 Å². The smallest absolute Gasteiger partial charge is 0.257 e. The van der Waals surface area contributed by atoms with Gasteiger partial charge in [-0.1, -0.05) is 75.7 Å². The number of ketones is 1. The average Bonchev–Trinajstić information content (AvgIpc) is 2.85. The van der Waals surface area contributed by atoms with Gasteiger partial charge in [0.25, 0.3) is 5.56 Å². The Bertz CT molecular complexity index is 1390. The lowest BCUT2D eigenvalue weighted by Gasteiger charge is -2.38. The van der Waals surface area contributed by atoms with E-state index in [1.54, 1.807) is 11.8 Å². The van der Waals surface area contributed by atoms with Crippen LogP contribution in [0.2, 0.25) is 0 Å². The van der Waals surface area contributed by atoms with Crippen LogP contribution in [0, 0.1) is 5.41 Å². The zero-order valence-electron chi connectivity index (χ0n) is 21.6. The third-order valence-corrected chi connectivity index (χ3v) is 7.82. The number of hydrogen-bond acceptors (Lipinski definition) is 6. The van der Waals surface area contributed by atoms with Gasteiger partial charge in [-0.25, -0.2) is 4.98 Å². The lowest BCUT2D eigenvalue weighted by Crippen LogP contribution is -2.37. The van der Waals surface area contributed by atoms with Gasteiger partial charge >= 0.3 is 0 Å². The molecule has 0 fully saturated rings. The number of H-pyrrole nitrogens is 1. The van der Waals surface area contributed by atoms with Gasteiger partial charge in [-0.15, -0.1) is 0 Å². The highest BCUT2D eigenvalue weighted by atomic mass is 32.2. The van der Waals surface area contributed by atoms with E-state index < -0.39 is 5.92 Å². The zero-order valence-corrected chi connectivity index (χ0v) is 22.4. The number of unbranched alkanes of at least 4 members (excludes halogenated alkanes) is 2. The van der Waals surface area contributed by atoms with Crippen LogP contribution in [0.1, 0.15) is 69.9 Å². The molecule has 0 spiro atoms. The maximum Gasteiger partial charge on any atom is 0.257 e. The number of para-hydroxylation sites is 1. The molecule has 7 heteroatoms. The van der Waals surface area contributed by atoms with Gasteiger partial charge in [0.15, 0.2) is 10.9 Å². The topological polar surface area (TPSA) is 84.1 Å². The Morgan fingerprint density at radius 1 is 1.03 bits per heavy atom. The van der Waals surface area contributed by atoms with Crippen molar-refractivity contribution in [2.24, 2.45) is 5.41 Å². The van der Waals surface area contributed by atoms with E-state index >= 15 is 0 Å². The fourth-order valence-electron chi connectivity index (χ4n) is 5.20. The van der Waals surface area contributed by atoms with Crippen molar-refractivity contribution in [2.75, 3.05) is 11.1 Å². The number of Topliss-reactive ketones (excluding diaryl/α,β-unsaturated/α-hetero) is 1. The molecular formula is C30H33N3O3S. The number of thioether (sulfide) groups is 1. The number of ether oxygens (including phenoxy) is 1. The summed E-state index contributed by atoms with van der Waals surface area (Å²) in [6.45, 7) is 6.39. The van der Waals surface area contributed by atoms with E-state index in [2.05, 4.69) is 31.1 Å². The molecule has 3 aromatic rings. The molecule has 2 aliphatic rings. The number of benzene rings is 2. The van der Waals surface area contributed by atoms with E-state index in [9.17, 15) is 9.59 Å². The molecule has 2 aromatic carbocycles. The number of aromatic amines is 1. The Morgan fingerprint density at radius 3 is 2.59 bits per heavy atom. The molecule has 2 N–H and O–H groups in total. The van der Waals surface area contributed by atoms with E-state index in [-0.39, 0.29) is 16.8 Å². The van der Waals surface area contributed by atoms with Gasteiger partial charge in [0, 0.05) is 29.4 Å². The average molecular weight is 516 g/mol. The summed E-state index contributed by atoms with van der Waals surface area (Å²) in [5, 5.41) is 4.01. The highest BCUT2D eigenvalue weighted by Crippen LogP contribution is 2.48. The molecule has 1 aliphatic carbocycles. The molecule has 0 amide bonds. The highest BCUT2D eigenvalue weighted by molar-refractivity contribution is 7.99. The van der Waals surface area contributed by atoms with E-state index in [1.165, 1.54) is 0 Å². The van der Waals surface area contributed by atoms with Crippen LogP contribution in [-0.2, 0) is 4.79 Å². The summed E-state index contributed by atoms with van der Waals surface area (Å²) in [4.78, 5) is 34.9. The van der Waals surface area contributed by atoms with Crippen LogP contribution in [0.3, 0.4) is 0 Å². The first kappa shape index (κ1) is 25.3. The standard InChI is InChI=1S/C30H33N3O3S/c1-4-5-9-15-37-29-32-27-26(28(35)33-29)24(25-22(31-27)17-30(2,3)18-23(25)34)19-11-10-14-21(16-19)36-20-12-7-6-8-13-20/h6-8,10-14,16,24H,4-5,9,15,17-18H2,1-3H3,(H2,31,32,33,35). The van der Waals surface area contributed by atoms with Gasteiger partial charge in [-0.2, -0.15) is 0 Å². The molecule has 0 saturated carbocycles. The van der Waals surface area contributed by atoms with Crippen LogP contribution in [0.25, 0.3) is 0 Å². The van der Waals surface area contributed by atoms with Crippen LogP contribution in [0.5, 0.6) is 11.5 Å². The summed E-state index contributed by atoms with van der Waals surface area (Å²) in [5.41, 5.74) is 2.49. The summed E-state index contributed by atoms with van der Waals surface area (Å²) in [6, 6.07) is 17.3. The number of aromatic nitrogens is 2. The number of rotatable bonds is 8. The van der Waals surface area contributed by atoms with E-state index in [1.807, 2.05) is 54.6 Å². The number of allylic oxidation sites excluding steroid dienone is 2. The second-order valence-corrected chi connectivity index (χ2v) is 11.7. The summed E-state index contributed by atoms with van der Waals surface area (Å²) in [5.74, 6) is 2.39. The van der Waals surface area contributed by atoms with Crippen molar-refractivity contribution in [1.82, 2.24) is 9.97 Å². The van der Waals surface area contributed by atoms with Gasteiger partial charge in [-0.3, -0.25) is 9.59 Å². The molecule has 2 heterocycles. The number of fused-ring (bicyclic) bond motifs is 1. The fourth-order valence-corrected chi connectivity index (χ4v) is 6.06. The monoisotopic (exact) mass is 515 g/mol. The third kappa shape index (κ3) is 5.52. The normalized spacial score (nSPS) is 18.1. The molecule has 5 rings (SSSR count). The van der Waals surface area contributed by atoms with E-state index in [0.29, 0.717) is 34.3 Å².